The van der Waals surface area contributed by atoms with Crippen LogP contribution in [-0.4, -0.2) is 79.9 Å². The summed E-state index contributed by atoms with van der Waals surface area (Å²) in [5.41, 5.74) is 5.50. The number of aliphatic hydroxyl groups is 1. The van der Waals surface area contributed by atoms with Crippen molar-refractivity contribution in [1.29, 1.82) is 0 Å². The van der Waals surface area contributed by atoms with Crippen LogP contribution in [0.1, 0.15) is 6.42 Å². The Hall–Kier alpha value is -0.690. The Balaban J connectivity index is 2.07. The van der Waals surface area contributed by atoms with Gasteiger partial charge >= 0.3 is 5.97 Å². The van der Waals surface area contributed by atoms with Crippen LogP contribution in [0.4, 0.5) is 0 Å². The van der Waals surface area contributed by atoms with Gasteiger partial charge in [-0.3, -0.25) is 9.69 Å². The minimum Gasteiger partial charge on any atom is -0.463 e. The molecule has 0 aromatic carbocycles. The molecule has 6 heteroatoms. The molecule has 1 heterocycles. The van der Waals surface area contributed by atoms with Gasteiger partial charge in [-0.25, -0.2) is 0 Å². The number of aliphatic hydroxyl groups excluding tert-OH is 1. The molecule has 3 N–H and O–H groups in total. The van der Waals surface area contributed by atoms with E-state index >= 15 is 0 Å². The Morgan fingerprint density at radius 1 is 1.18 bits per heavy atom. The number of piperazine rings is 1. The first kappa shape index (κ1) is 14.4. The number of ether oxygens (including phenoxy) is 1. The predicted molar refractivity (Wildman–Crippen MR) is 64.6 cm³/mol. The average Bonchev–Trinajstić information content (AvgIpc) is 2.36. The molecule has 1 aliphatic heterocycles. The van der Waals surface area contributed by atoms with Crippen LogP contribution in [0.25, 0.3) is 0 Å². The van der Waals surface area contributed by atoms with Crippen LogP contribution < -0.4 is 5.73 Å². The first-order chi connectivity index (χ1) is 8.26. The van der Waals surface area contributed by atoms with E-state index in [1.165, 1.54) is 0 Å². The fraction of sp³-hybridized carbons (Fsp3) is 0.909. The molecule has 6 nitrogen and oxygen atoms in total. The van der Waals surface area contributed by atoms with E-state index in [2.05, 4.69) is 9.80 Å². The van der Waals surface area contributed by atoms with Crippen LogP contribution in [0.2, 0.25) is 0 Å². The largest absolute Gasteiger partial charge is 0.463 e. The standard InChI is InChI=1S/C11H23N3O3/c12-2-4-14-7-5-13(6-8-14)3-1-11(16)17-10-9-15/h15H,1-10,12H2. The molecule has 17 heavy (non-hydrogen) atoms. The van der Waals surface area contributed by atoms with Crippen LogP contribution in [0.15, 0.2) is 0 Å². The van der Waals surface area contributed by atoms with E-state index in [0.717, 1.165) is 39.3 Å². The Morgan fingerprint density at radius 3 is 2.29 bits per heavy atom. The number of hydrogen-bond donors (Lipinski definition) is 2. The van der Waals surface area contributed by atoms with Crippen molar-refractivity contribution >= 4 is 5.97 Å². The minimum atomic E-state index is -0.233. The van der Waals surface area contributed by atoms with E-state index in [4.69, 9.17) is 15.6 Å². The van der Waals surface area contributed by atoms with Gasteiger partial charge in [0.1, 0.15) is 6.61 Å². The van der Waals surface area contributed by atoms with Gasteiger partial charge in [0.25, 0.3) is 0 Å². The minimum absolute atomic E-state index is 0.100. The topological polar surface area (TPSA) is 79.0 Å². The summed E-state index contributed by atoms with van der Waals surface area (Å²) in [5, 5.41) is 8.51. The zero-order chi connectivity index (χ0) is 12.5. The van der Waals surface area contributed by atoms with E-state index in [9.17, 15) is 4.79 Å². The summed E-state index contributed by atoms with van der Waals surface area (Å²) in [6.45, 7) is 6.37. The third-order valence-corrected chi connectivity index (χ3v) is 2.90. The molecule has 1 fully saturated rings. The number of carbonyl (C=O) groups excluding carboxylic acids is 1. The van der Waals surface area contributed by atoms with Gasteiger partial charge in [0.2, 0.25) is 0 Å². The van der Waals surface area contributed by atoms with Crippen molar-refractivity contribution in [2.75, 3.05) is 59.0 Å². The van der Waals surface area contributed by atoms with Crippen LogP contribution >= 0.6 is 0 Å². The highest BCUT2D eigenvalue weighted by Crippen LogP contribution is 2.02. The van der Waals surface area contributed by atoms with Gasteiger partial charge in [-0.05, 0) is 0 Å². The summed E-state index contributed by atoms with van der Waals surface area (Å²) in [4.78, 5) is 15.8. The molecular weight excluding hydrogens is 222 g/mol. The van der Waals surface area contributed by atoms with Crippen LogP contribution in [0, 0.1) is 0 Å². The van der Waals surface area contributed by atoms with Gasteiger partial charge in [-0.2, -0.15) is 0 Å². The molecule has 1 aliphatic rings. The van der Waals surface area contributed by atoms with Gasteiger partial charge in [-0.1, -0.05) is 0 Å². The van der Waals surface area contributed by atoms with E-state index in [1.807, 2.05) is 0 Å². The van der Waals surface area contributed by atoms with E-state index in [-0.39, 0.29) is 19.2 Å². The number of nitrogens with zero attached hydrogens (tertiary/aromatic N) is 2. The molecule has 0 atom stereocenters. The number of rotatable bonds is 7. The van der Waals surface area contributed by atoms with Crippen LogP contribution in [-0.2, 0) is 9.53 Å². The molecule has 100 valence electrons. The van der Waals surface area contributed by atoms with Gasteiger partial charge in [-0.15, -0.1) is 0 Å². The molecule has 0 amide bonds. The molecule has 0 saturated carbocycles. The fourth-order valence-corrected chi connectivity index (χ4v) is 1.90. The molecule has 0 radical (unpaired) electrons. The second-order valence-corrected chi connectivity index (χ2v) is 4.17. The van der Waals surface area contributed by atoms with Crippen molar-refractivity contribution in [3.8, 4) is 0 Å². The second kappa shape index (κ2) is 8.41. The lowest BCUT2D eigenvalue weighted by molar-refractivity contribution is -0.145. The van der Waals surface area contributed by atoms with Crippen LogP contribution in [0.5, 0.6) is 0 Å². The average molecular weight is 245 g/mol. The summed E-state index contributed by atoms with van der Waals surface area (Å²) in [7, 11) is 0. The molecule has 0 spiro atoms. The third kappa shape index (κ3) is 5.97. The summed E-state index contributed by atoms with van der Waals surface area (Å²) in [5.74, 6) is -0.233. The number of esters is 1. The molecule has 0 aromatic heterocycles. The van der Waals surface area contributed by atoms with Crippen molar-refractivity contribution < 1.29 is 14.6 Å². The maximum Gasteiger partial charge on any atom is 0.307 e. The SMILES string of the molecule is NCCN1CCN(CCC(=O)OCCO)CC1. The lowest BCUT2D eigenvalue weighted by atomic mass is 10.3. The monoisotopic (exact) mass is 245 g/mol. The summed E-state index contributed by atoms with van der Waals surface area (Å²) >= 11 is 0. The van der Waals surface area contributed by atoms with E-state index < -0.39 is 0 Å². The molecule has 0 aliphatic carbocycles. The summed E-state index contributed by atoms with van der Waals surface area (Å²) < 4.78 is 4.80. The molecule has 0 bridgehead atoms. The highest BCUT2D eigenvalue weighted by molar-refractivity contribution is 5.69. The van der Waals surface area contributed by atoms with E-state index in [0.29, 0.717) is 13.0 Å². The Labute approximate surface area is 102 Å². The Morgan fingerprint density at radius 2 is 1.76 bits per heavy atom. The van der Waals surface area contributed by atoms with Gasteiger partial charge in [0.05, 0.1) is 13.0 Å². The zero-order valence-corrected chi connectivity index (χ0v) is 10.3. The van der Waals surface area contributed by atoms with Crippen molar-refractivity contribution in [3.63, 3.8) is 0 Å². The normalized spacial score (nSPS) is 18.2. The molecular formula is C11H23N3O3. The summed E-state index contributed by atoms with van der Waals surface area (Å²) in [6, 6.07) is 0. The maximum absolute atomic E-state index is 11.2. The smallest absolute Gasteiger partial charge is 0.307 e. The molecule has 0 unspecified atom stereocenters. The van der Waals surface area contributed by atoms with Gasteiger partial charge < -0.3 is 20.5 Å². The van der Waals surface area contributed by atoms with E-state index in [1.54, 1.807) is 0 Å². The lowest BCUT2D eigenvalue weighted by Crippen LogP contribution is -2.48. The molecule has 0 aromatic rings. The first-order valence-corrected chi connectivity index (χ1v) is 6.17. The Bertz CT molecular complexity index is 218. The molecule has 1 saturated heterocycles. The zero-order valence-electron chi connectivity index (χ0n) is 10.3. The third-order valence-electron chi connectivity index (χ3n) is 2.90. The Kier molecular flexibility index (Phi) is 7.11. The fourth-order valence-electron chi connectivity index (χ4n) is 1.90. The second-order valence-electron chi connectivity index (χ2n) is 4.17. The lowest BCUT2D eigenvalue weighted by Gasteiger charge is -2.34. The summed E-state index contributed by atoms with van der Waals surface area (Å²) in [6.07, 6.45) is 0.400. The number of carbonyl (C=O) groups is 1. The highest BCUT2D eigenvalue weighted by atomic mass is 16.5. The quantitative estimate of drug-likeness (QED) is 0.531. The first-order valence-electron chi connectivity index (χ1n) is 6.17. The predicted octanol–water partition coefficient (Wildman–Crippen LogP) is -1.51. The maximum atomic E-state index is 11.2. The molecule has 1 rings (SSSR count). The van der Waals surface area contributed by atoms with Crippen molar-refractivity contribution in [2.45, 2.75) is 6.42 Å². The van der Waals surface area contributed by atoms with Crippen molar-refractivity contribution in [3.05, 3.63) is 0 Å². The van der Waals surface area contributed by atoms with Gasteiger partial charge in [0, 0.05) is 45.8 Å². The number of nitrogens with two attached hydrogens (primary N) is 1. The van der Waals surface area contributed by atoms with Crippen molar-refractivity contribution in [2.24, 2.45) is 5.73 Å². The van der Waals surface area contributed by atoms with Gasteiger partial charge in [0.15, 0.2) is 0 Å². The van der Waals surface area contributed by atoms with Crippen molar-refractivity contribution in [1.82, 2.24) is 9.80 Å². The van der Waals surface area contributed by atoms with Crippen LogP contribution in [0.3, 0.4) is 0 Å². The highest BCUT2D eigenvalue weighted by Gasteiger charge is 2.16. The number of hydrogen-bond acceptors (Lipinski definition) is 6.